The Morgan fingerprint density at radius 2 is 2.07 bits per heavy atom. The number of anilines is 1. The predicted octanol–water partition coefficient (Wildman–Crippen LogP) is 5.43. The lowest BCUT2D eigenvalue weighted by atomic mass is 10.2. The van der Waals surface area contributed by atoms with Gasteiger partial charge >= 0.3 is 0 Å². The van der Waals surface area contributed by atoms with Crippen molar-refractivity contribution in [1.29, 1.82) is 0 Å². The lowest BCUT2D eigenvalue weighted by Crippen LogP contribution is -2.13. The Bertz CT molecular complexity index is 1120. The van der Waals surface area contributed by atoms with Crippen LogP contribution in [0.4, 0.5) is 9.52 Å². The van der Waals surface area contributed by atoms with E-state index in [0.717, 1.165) is 16.0 Å². The molecule has 2 aromatic carbocycles. The highest BCUT2D eigenvalue weighted by Gasteiger charge is 2.13. The van der Waals surface area contributed by atoms with Gasteiger partial charge in [0.25, 0.3) is 0 Å². The van der Waals surface area contributed by atoms with Gasteiger partial charge < -0.3 is 14.5 Å². The van der Waals surface area contributed by atoms with E-state index in [2.05, 4.69) is 10.3 Å². The summed E-state index contributed by atoms with van der Waals surface area (Å²) in [5.41, 5.74) is 1.37. The van der Waals surface area contributed by atoms with Crippen LogP contribution in [0.2, 0.25) is 0 Å². The molecule has 0 aliphatic carbocycles. The molecule has 2 heterocycles. The van der Waals surface area contributed by atoms with Crippen molar-refractivity contribution in [3.05, 3.63) is 59.7 Å². The second-order valence-electron chi connectivity index (χ2n) is 5.84. The number of nitrogens with zero attached hydrogens (tertiary/aromatic N) is 1. The third kappa shape index (κ3) is 4.18. The molecule has 0 atom stereocenters. The monoisotopic (exact) mass is 414 g/mol. The zero-order valence-corrected chi connectivity index (χ0v) is 16.4. The number of rotatable bonds is 6. The summed E-state index contributed by atoms with van der Waals surface area (Å²) in [5, 5.41) is 6.06. The molecule has 28 heavy (non-hydrogen) atoms. The Kier molecular flexibility index (Phi) is 5.31. The zero-order valence-electron chi connectivity index (χ0n) is 14.8. The quantitative estimate of drug-likeness (QED) is 0.426. The first kappa shape index (κ1) is 18.5. The first-order valence-electron chi connectivity index (χ1n) is 8.32. The molecule has 0 radical (unpaired) electrons. The number of carbonyl (C=O) groups is 1. The second kappa shape index (κ2) is 8.04. The van der Waals surface area contributed by atoms with Crippen LogP contribution in [-0.4, -0.2) is 23.8 Å². The van der Waals surface area contributed by atoms with Gasteiger partial charge in [-0.2, -0.15) is 0 Å². The topological polar surface area (TPSA) is 64.4 Å². The normalized spacial score (nSPS) is 10.9. The first-order chi connectivity index (χ1) is 13.6. The molecule has 0 spiro atoms. The molecular formula is C20H15FN2O3S2. The third-order valence-corrected chi connectivity index (χ3v) is 5.68. The largest absolute Gasteiger partial charge is 0.497 e. The van der Waals surface area contributed by atoms with E-state index in [-0.39, 0.29) is 17.5 Å². The molecule has 142 valence electrons. The number of fused-ring (bicyclic) bond motifs is 1. The van der Waals surface area contributed by atoms with E-state index in [1.54, 1.807) is 19.2 Å². The summed E-state index contributed by atoms with van der Waals surface area (Å²) in [6.45, 7) is 0. The molecule has 4 aromatic rings. The van der Waals surface area contributed by atoms with Crippen molar-refractivity contribution in [1.82, 2.24) is 4.98 Å². The molecule has 4 rings (SSSR count). The highest BCUT2D eigenvalue weighted by Crippen LogP contribution is 2.32. The van der Waals surface area contributed by atoms with Gasteiger partial charge in [-0.05, 0) is 42.5 Å². The van der Waals surface area contributed by atoms with Gasteiger partial charge in [-0.3, -0.25) is 4.79 Å². The number of hydrogen-bond acceptors (Lipinski definition) is 6. The molecule has 0 saturated carbocycles. The molecule has 1 amide bonds. The van der Waals surface area contributed by atoms with Crippen LogP contribution in [0.25, 0.3) is 22.4 Å². The van der Waals surface area contributed by atoms with Crippen LogP contribution >= 0.6 is 23.1 Å². The number of methoxy groups -OCH3 is 1. The van der Waals surface area contributed by atoms with Crippen molar-refractivity contribution in [3.8, 4) is 17.2 Å². The summed E-state index contributed by atoms with van der Waals surface area (Å²) < 4.78 is 24.0. The lowest BCUT2D eigenvalue weighted by Gasteiger charge is -2.02. The molecule has 1 N–H and O–H groups in total. The van der Waals surface area contributed by atoms with Crippen molar-refractivity contribution in [2.75, 3.05) is 18.2 Å². The smallest absolute Gasteiger partial charge is 0.236 e. The van der Waals surface area contributed by atoms with Crippen molar-refractivity contribution in [2.24, 2.45) is 0 Å². The highest BCUT2D eigenvalue weighted by atomic mass is 32.2. The predicted molar refractivity (Wildman–Crippen MR) is 110 cm³/mol. The summed E-state index contributed by atoms with van der Waals surface area (Å²) >= 11 is 2.66. The van der Waals surface area contributed by atoms with E-state index in [1.165, 1.54) is 35.2 Å². The van der Waals surface area contributed by atoms with E-state index in [1.807, 2.05) is 29.6 Å². The summed E-state index contributed by atoms with van der Waals surface area (Å²) in [6, 6.07) is 13.5. The molecule has 0 fully saturated rings. The standard InChI is InChI=1S/C20H15FN2O3S2/c1-25-14-5-2-12-8-18(26-17(12)9-14)16-10-28-20(22-16)23-19(24)11-27-15-6-3-13(21)4-7-15/h2-10H,11H2,1H3,(H,22,23,24). The van der Waals surface area contributed by atoms with E-state index in [4.69, 9.17) is 9.15 Å². The number of thioether (sulfide) groups is 1. The minimum atomic E-state index is -0.298. The summed E-state index contributed by atoms with van der Waals surface area (Å²) in [5.74, 6) is 1.09. The molecule has 8 heteroatoms. The molecule has 0 bridgehead atoms. The Balaban J connectivity index is 1.41. The minimum Gasteiger partial charge on any atom is -0.497 e. The second-order valence-corrected chi connectivity index (χ2v) is 7.75. The van der Waals surface area contributed by atoms with Crippen LogP contribution in [-0.2, 0) is 4.79 Å². The van der Waals surface area contributed by atoms with E-state index >= 15 is 0 Å². The van der Waals surface area contributed by atoms with Crippen LogP contribution in [0, 0.1) is 5.82 Å². The number of furan rings is 1. The molecule has 0 unspecified atom stereocenters. The Morgan fingerprint density at radius 3 is 2.86 bits per heavy atom. The van der Waals surface area contributed by atoms with Crippen LogP contribution in [0.5, 0.6) is 5.75 Å². The van der Waals surface area contributed by atoms with Crippen LogP contribution in [0.1, 0.15) is 0 Å². The Hall–Kier alpha value is -2.84. The zero-order chi connectivity index (χ0) is 19.5. The fourth-order valence-corrected chi connectivity index (χ4v) is 3.96. The number of nitrogens with one attached hydrogen (secondary N) is 1. The van der Waals surface area contributed by atoms with E-state index in [9.17, 15) is 9.18 Å². The molecule has 0 aliphatic rings. The van der Waals surface area contributed by atoms with Gasteiger partial charge in [0.05, 0.1) is 12.9 Å². The molecular weight excluding hydrogens is 399 g/mol. The van der Waals surface area contributed by atoms with Crippen LogP contribution < -0.4 is 10.1 Å². The maximum Gasteiger partial charge on any atom is 0.236 e. The van der Waals surface area contributed by atoms with Gasteiger partial charge in [-0.1, -0.05) is 0 Å². The van der Waals surface area contributed by atoms with Gasteiger partial charge in [-0.15, -0.1) is 23.1 Å². The highest BCUT2D eigenvalue weighted by molar-refractivity contribution is 8.00. The molecule has 2 aromatic heterocycles. The number of benzene rings is 2. The van der Waals surface area contributed by atoms with Gasteiger partial charge in [0.2, 0.25) is 5.91 Å². The number of ether oxygens (including phenoxy) is 1. The fraction of sp³-hybridized carbons (Fsp3) is 0.100. The van der Waals surface area contributed by atoms with E-state index < -0.39 is 0 Å². The number of hydrogen-bond donors (Lipinski definition) is 1. The summed E-state index contributed by atoms with van der Waals surface area (Å²) in [7, 11) is 1.61. The lowest BCUT2D eigenvalue weighted by molar-refractivity contribution is -0.113. The van der Waals surface area contributed by atoms with Crippen LogP contribution in [0.15, 0.2) is 63.2 Å². The van der Waals surface area contributed by atoms with Crippen molar-refractivity contribution in [2.45, 2.75) is 4.90 Å². The average molecular weight is 414 g/mol. The van der Waals surface area contributed by atoms with Gasteiger partial charge in [-0.25, -0.2) is 9.37 Å². The number of carbonyl (C=O) groups excluding carboxylic acids is 1. The molecule has 0 aliphatic heterocycles. The molecule has 5 nitrogen and oxygen atoms in total. The SMILES string of the molecule is COc1ccc2cc(-c3csc(NC(=O)CSc4ccc(F)cc4)n3)oc2c1. The Morgan fingerprint density at radius 1 is 1.25 bits per heavy atom. The summed E-state index contributed by atoms with van der Waals surface area (Å²) in [6.07, 6.45) is 0. The molecule has 0 saturated heterocycles. The van der Waals surface area contributed by atoms with Crippen LogP contribution in [0.3, 0.4) is 0 Å². The van der Waals surface area contributed by atoms with Crippen molar-refractivity contribution >= 4 is 45.1 Å². The third-order valence-electron chi connectivity index (χ3n) is 3.91. The number of aromatic nitrogens is 1. The Labute approximate surface area is 168 Å². The van der Waals surface area contributed by atoms with Gasteiger partial charge in [0.15, 0.2) is 10.9 Å². The number of amides is 1. The van der Waals surface area contributed by atoms with E-state index in [0.29, 0.717) is 22.2 Å². The number of thiazole rings is 1. The van der Waals surface area contributed by atoms with Crippen molar-refractivity contribution in [3.63, 3.8) is 0 Å². The maximum absolute atomic E-state index is 12.9. The summed E-state index contributed by atoms with van der Waals surface area (Å²) in [4.78, 5) is 17.4. The van der Waals surface area contributed by atoms with Crippen molar-refractivity contribution < 1.29 is 18.3 Å². The minimum absolute atomic E-state index is 0.176. The first-order valence-corrected chi connectivity index (χ1v) is 10.2. The fourth-order valence-electron chi connectivity index (χ4n) is 2.54. The average Bonchev–Trinajstić information content (AvgIpc) is 3.33. The number of halogens is 1. The van der Waals surface area contributed by atoms with Gasteiger partial charge in [0, 0.05) is 21.7 Å². The van der Waals surface area contributed by atoms with Gasteiger partial charge in [0.1, 0.15) is 22.8 Å². The maximum atomic E-state index is 12.9.